The summed E-state index contributed by atoms with van der Waals surface area (Å²) in [6.45, 7) is 3.26. The SMILES string of the molecule is CC(=O)C1CCN(c2ncccc2C#N)CC1. The molecule has 88 valence electrons. The second-order valence-corrected chi connectivity index (χ2v) is 4.36. The van der Waals surface area contributed by atoms with E-state index in [1.165, 1.54) is 0 Å². The van der Waals surface area contributed by atoms with E-state index in [0.29, 0.717) is 5.56 Å². The first kappa shape index (κ1) is 11.6. The molecule has 0 spiro atoms. The van der Waals surface area contributed by atoms with Gasteiger partial charge in [0.1, 0.15) is 17.7 Å². The third-order valence-electron chi connectivity index (χ3n) is 3.28. The number of Topliss-reactive ketones (excluding diaryl/α,β-unsaturated/α-hetero) is 1. The Bertz CT molecular complexity index is 456. The molecule has 0 N–H and O–H groups in total. The maximum atomic E-state index is 11.3. The molecule has 0 aliphatic carbocycles. The Kier molecular flexibility index (Phi) is 3.38. The molecule has 2 heterocycles. The largest absolute Gasteiger partial charge is 0.355 e. The summed E-state index contributed by atoms with van der Waals surface area (Å²) in [4.78, 5) is 17.6. The van der Waals surface area contributed by atoms with Crippen molar-refractivity contribution < 1.29 is 4.79 Å². The number of nitrogens with zero attached hydrogens (tertiary/aromatic N) is 3. The third-order valence-corrected chi connectivity index (χ3v) is 3.28. The number of anilines is 1. The van der Waals surface area contributed by atoms with E-state index in [-0.39, 0.29) is 11.7 Å². The fraction of sp³-hybridized carbons (Fsp3) is 0.462. The maximum absolute atomic E-state index is 11.3. The molecule has 1 aliphatic heterocycles. The van der Waals surface area contributed by atoms with Gasteiger partial charge >= 0.3 is 0 Å². The molecule has 1 fully saturated rings. The number of carbonyl (C=O) groups is 1. The fourth-order valence-electron chi connectivity index (χ4n) is 2.23. The second kappa shape index (κ2) is 4.96. The van der Waals surface area contributed by atoms with Crippen molar-refractivity contribution in [2.45, 2.75) is 19.8 Å². The van der Waals surface area contributed by atoms with Crippen LogP contribution in [0.25, 0.3) is 0 Å². The highest BCUT2D eigenvalue weighted by molar-refractivity contribution is 5.78. The van der Waals surface area contributed by atoms with E-state index in [2.05, 4.69) is 16.0 Å². The van der Waals surface area contributed by atoms with Crippen LogP contribution in [-0.2, 0) is 4.79 Å². The van der Waals surface area contributed by atoms with Crippen LogP contribution in [0, 0.1) is 17.2 Å². The molecule has 4 nitrogen and oxygen atoms in total. The maximum Gasteiger partial charge on any atom is 0.146 e. The zero-order valence-corrected chi connectivity index (χ0v) is 9.89. The number of rotatable bonds is 2. The summed E-state index contributed by atoms with van der Waals surface area (Å²) in [7, 11) is 0. The molecule has 1 saturated heterocycles. The van der Waals surface area contributed by atoms with Crippen molar-refractivity contribution in [1.82, 2.24) is 4.98 Å². The molecule has 0 atom stereocenters. The number of piperidine rings is 1. The number of aromatic nitrogens is 1. The zero-order chi connectivity index (χ0) is 12.3. The van der Waals surface area contributed by atoms with Gasteiger partial charge in [-0.2, -0.15) is 5.26 Å². The van der Waals surface area contributed by atoms with E-state index in [0.717, 1.165) is 31.7 Å². The van der Waals surface area contributed by atoms with Gasteiger partial charge in [0.05, 0.1) is 5.56 Å². The van der Waals surface area contributed by atoms with Gasteiger partial charge in [-0.1, -0.05) is 0 Å². The lowest BCUT2D eigenvalue weighted by Crippen LogP contribution is -2.36. The van der Waals surface area contributed by atoms with Crippen LogP contribution < -0.4 is 4.90 Å². The van der Waals surface area contributed by atoms with E-state index >= 15 is 0 Å². The Balaban J connectivity index is 2.11. The predicted molar refractivity (Wildman–Crippen MR) is 64.6 cm³/mol. The van der Waals surface area contributed by atoms with Gasteiger partial charge in [-0.15, -0.1) is 0 Å². The van der Waals surface area contributed by atoms with Crippen molar-refractivity contribution in [2.75, 3.05) is 18.0 Å². The van der Waals surface area contributed by atoms with Crippen molar-refractivity contribution in [3.8, 4) is 6.07 Å². The van der Waals surface area contributed by atoms with Gasteiger partial charge in [0.2, 0.25) is 0 Å². The number of carbonyl (C=O) groups excluding carboxylic acids is 1. The summed E-state index contributed by atoms with van der Waals surface area (Å²) in [5.41, 5.74) is 0.605. The highest BCUT2D eigenvalue weighted by Crippen LogP contribution is 2.24. The Morgan fingerprint density at radius 1 is 1.53 bits per heavy atom. The first-order valence-electron chi connectivity index (χ1n) is 5.83. The predicted octanol–water partition coefficient (Wildman–Crippen LogP) is 1.76. The summed E-state index contributed by atoms with van der Waals surface area (Å²) in [6.07, 6.45) is 3.42. The average Bonchev–Trinajstić information content (AvgIpc) is 2.39. The molecule has 0 unspecified atom stereocenters. The summed E-state index contributed by atoms with van der Waals surface area (Å²) < 4.78 is 0. The van der Waals surface area contributed by atoms with Crippen molar-refractivity contribution in [2.24, 2.45) is 5.92 Å². The minimum absolute atomic E-state index is 0.181. The first-order valence-corrected chi connectivity index (χ1v) is 5.83. The highest BCUT2D eigenvalue weighted by Gasteiger charge is 2.24. The molecule has 0 aromatic carbocycles. The van der Waals surface area contributed by atoms with Crippen molar-refractivity contribution in [1.29, 1.82) is 5.26 Å². The lowest BCUT2D eigenvalue weighted by molar-refractivity contribution is -0.121. The van der Waals surface area contributed by atoms with E-state index in [9.17, 15) is 4.79 Å². The monoisotopic (exact) mass is 229 g/mol. The third kappa shape index (κ3) is 2.44. The number of ketones is 1. The quantitative estimate of drug-likeness (QED) is 0.775. The normalized spacial score (nSPS) is 16.6. The summed E-state index contributed by atoms with van der Waals surface area (Å²) in [5, 5.41) is 9.02. The topological polar surface area (TPSA) is 57.0 Å². The van der Waals surface area contributed by atoms with Crippen LogP contribution in [0.2, 0.25) is 0 Å². The molecule has 1 aromatic rings. The van der Waals surface area contributed by atoms with Crippen LogP contribution in [0.5, 0.6) is 0 Å². The molecule has 0 bridgehead atoms. The molecule has 1 aliphatic rings. The molecule has 17 heavy (non-hydrogen) atoms. The van der Waals surface area contributed by atoms with E-state index in [1.54, 1.807) is 25.3 Å². The van der Waals surface area contributed by atoms with E-state index in [4.69, 9.17) is 5.26 Å². The van der Waals surface area contributed by atoms with Gasteiger partial charge in [-0.05, 0) is 31.9 Å². The van der Waals surface area contributed by atoms with Crippen LogP contribution in [0.15, 0.2) is 18.3 Å². The molecule has 1 aromatic heterocycles. The average molecular weight is 229 g/mol. The van der Waals surface area contributed by atoms with Crippen LogP contribution in [-0.4, -0.2) is 23.9 Å². The first-order chi connectivity index (χ1) is 8.22. The lowest BCUT2D eigenvalue weighted by atomic mass is 9.93. The fourth-order valence-corrected chi connectivity index (χ4v) is 2.23. The number of hydrogen-bond donors (Lipinski definition) is 0. The summed E-state index contributed by atoms with van der Waals surface area (Å²) in [6, 6.07) is 5.70. The second-order valence-electron chi connectivity index (χ2n) is 4.36. The van der Waals surface area contributed by atoms with Crippen LogP contribution >= 0.6 is 0 Å². The molecule has 2 rings (SSSR count). The van der Waals surface area contributed by atoms with Gasteiger partial charge in [-0.25, -0.2) is 4.98 Å². The number of nitriles is 1. The molecule has 4 heteroatoms. The van der Waals surface area contributed by atoms with E-state index < -0.39 is 0 Å². The van der Waals surface area contributed by atoms with Crippen LogP contribution in [0.3, 0.4) is 0 Å². The lowest BCUT2D eigenvalue weighted by Gasteiger charge is -2.32. The van der Waals surface area contributed by atoms with Gasteiger partial charge in [-0.3, -0.25) is 4.79 Å². The Morgan fingerprint density at radius 2 is 2.24 bits per heavy atom. The van der Waals surface area contributed by atoms with Crippen molar-refractivity contribution in [3.63, 3.8) is 0 Å². The highest BCUT2D eigenvalue weighted by atomic mass is 16.1. The Morgan fingerprint density at radius 3 is 2.82 bits per heavy atom. The molecule has 0 radical (unpaired) electrons. The van der Waals surface area contributed by atoms with Gasteiger partial charge < -0.3 is 4.90 Å². The molecular formula is C13H15N3O. The Hall–Kier alpha value is -1.89. The van der Waals surface area contributed by atoms with E-state index in [1.807, 2.05) is 0 Å². The standard InChI is InChI=1S/C13H15N3O/c1-10(17)11-4-7-16(8-5-11)13-12(9-14)3-2-6-15-13/h2-3,6,11H,4-5,7-8H2,1H3. The minimum Gasteiger partial charge on any atom is -0.355 e. The zero-order valence-electron chi connectivity index (χ0n) is 9.89. The van der Waals surface area contributed by atoms with Crippen molar-refractivity contribution in [3.05, 3.63) is 23.9 Å². The Labute approximate surface area is 101 Å². The summed E-state index contributed by atoms with van der Waals surface area (Å²) >= 11 is 0. The van der Waals surface area contributed by atoms with Gasteiger partial charge in [0, 0.05) is 25.2 Å². The molecule has 0 saturated carbocycles. The molecular weight excluding hydrogens is 214 g/mol. The minimum atomic E-state index is 0.181. The van der Waals surface area contributed by atoms with Gasteiger partial charge in [0.15, 0.2) is 0 Å². The summed E-state index contributed by atoms with van der Waals surface area (Å²) in [5.74, 6) is 1.20. The number of hydrogen-bond acceptors (Lipinski definition) is 4. The van der Waals surface area contributed by atoms with Crippen LogP contribution in [0.1, 0.15) is 25.3 Å². The van der Waals surface area contributed by atoms with Crippen molar-refractivity contribution >= 4 is 11.6 Å². The smallest absolute Gasteiger partial charge is 0.146 e. The number of pyridine rings is 1. The molecule has 0 amide bonds. The van der Waals surface area contributed by atoms with Crippen LogP contribution in [0.4, 0.5) is 5.82 Å². The van der Waals surface area contributed by atoms with Gasteiger partial charge in [0.25, 0.3) is 0 Å².